The van der Waals surface area contributed by atoms with Crippen molar-refractivity contribution in [1.82, 2.24) is 4.90 Å². The third-order valence-corrected chi connectivity index (χ3v) is 5.21. The van der Waals surface area contributed by atoms with Crippen molar-refractivity contribution in [2.24, 2.45) is 0 Å². The number of rotatable bonds is 8. The Morgan fingerprint density at radius 2 is 1.18 bits per heavy atom. The molecule has 2 aromatic carbocycles. The van der Waals surface area contributed by atoms with E-state index in [1.54, 1.807) is 0 Å². The molecule has 2 aromatic rings. The molecule has 2 amide bonds. The van der Waals surface area contributed by atoms with Crippen molar-refractivity contribution in [2.45, 2.75) is 67.2 Å². The van der Waals surface area contributed by atoms with Crippen LogP contribution in [-0.2, 0) is 0 Å². The Labute approximate surface area is 171 Å². The van der Waals surface area contributed by atoms with Crippen LogP contribution in [0.1, 0.15) is 61.8 Å². The minimum atomic E-state index is 0.0841. The fraction of sp³-hybridized carbons (Fsp3) is 0.480. The smallest absolute Gasteiger partial charge is 0.324 e. The Kier molecular flexibility index (Phi) is 8.10. The van der Waals surface area contributed by atoms with Gasteiger partial charge in [-0.15, -0.1) is 0 Å². The second kappa shape index (κ2) is 10.3. The Bertz CT molecular complexity index is 738. The Hall–Kier alpha value is -2.29. The minimum absolute atomic E-state index is 0.0841. The molecule has 3 heteroatoms. The number of urea groups is 1. The first kappa shape index (κ1) is 22.0. The molecule has 0 radical (unpaired) electrons. The first-order chi connectivity index (χ1) is 13.4. The van der Waals surface area contributed by atoms with E-state index in [2.05, 4.69) is 77.9 Å². The SMILES string of the molecule is CCCCN(CCCC)C(=O)N(c1ccc(C)cc1C)c1ccc(C)cc1C. The van der Waals surface area contributed by atoms with Gasteiger partial charge in [-0.25, -0.2) is 4.79 Å². The second-order valence-corrected chi connectivity index (χ2v) is 7.89. The molecular weight excluding hydrogens is 344 g/mol. The molecule has 0 aliphatic carbocycles. The molecule has 28 heavy (non-hydrogen) atoms. The summed E-state index contributed by atoms with van der Waals surface area (Å²) in [6.45, 7) is 14.3. The van der Waals surface area contributed by atoms with E-state index >= 15 is 0 Å². The molecule has 0 aliphatic rings. The molecule has 2 rings (SSSR count). The van der Waals surface area contributed by atoms with E-state index in [1.807, 2.05) is 9.80 Å². The molecule has 0 N–H and O–H groups in total. The van der Waals surface area contributed by atoms with Crippen molar-refractivity contribution >= 4 is 17.4 Å². The van der Waals surface area contributed by atoms with E-state index in [0.717, 1.165) is 61.3 Å². The molecular formula is C25H36N2O. The average molecular weight is 381 g/mol. The summed E-state index contributed by atoms with van der Waals surface area (Å²) in [5.41, 5.74) is 6.62. The number of nitrogens with zero attached hydrogens (tertiary/aromatic N) is 2. The lowest BCUT2D eigenvalue weighted by Crippen LogP contribution is -2.42. The lowest BCUT2D eigenvalue weighted by atomic mass is 10.1. The monoisotopic (exact) mass is 380 g/mol. The zero-order valence-corrected chi connectivity index (χ0v) is 18.5. The van der Waals surface area contributed by atoms with E-state index in [1.165, 1.54) is 11.1 Å². The van der Waals surface area contributed by atoms with Crippen LogP contribution in [0.25, 0.3) is 0 Å². The number of carbonyl (C=O) groups is 1. The summed E-state index contributed by atoms with van der Waals surface area (Å²) < 4.78 is 0. The molecule has 0 aliphatic heterocycles. The third-order valence-electron chi connectivity index (χ3n) is 5.21. The van der Waals surface area contributed by atoms with Crippen molar-refractivity contribution < 1.29 is 4.79 Å². The van der Waals surface area contributed by atoms with Crippen LogP contribution in [0.4, 0.5) is 16.2 Å². The van der Waals surface area contributed by atoms with E-state index < -0.39 is 0 Å². The van der Waals surface area contributed by atoms with Gasteiger partial charge in [0.25, 0.3) is 0 Å². The topological polar surface area (TPSA) is 23.6 Å². The van der Waals surface area contributed by atoms with Gasteiger partial charge in [0.1, 0.15) is 0 Å². The highest BCUT2D eigenvalue weighted by atomic mass is 16.2. The highest BCUT2D eigenvalue weighted by molar-refractivity contribution is 6.00. The van der Waals surface area contributed by atoms with Crippen LogP contribution < -0.4 is 4.90 Å². The van der Waals surface area contributed by atoms with Gasteiger partial charge in [-0.05, 0) is 63.8 Å². The number of aryl methyl sites for hydroxylation is 4. The van der Waals surface area contributed by atoms with Crippen molar-refractivity contribution in [3.8, 4) is 0 Å². The van der Waals surface area contributed by atoms with Gasteiger partial charge in [0.2, 0.25) is 0 Å². The number of benzene rings is 2. The molecule has 0 saturated heterocycles. The molecule has 0 aromatic heterocycles. The van der Waals surface area contributed by atoms with Crippen LogP contribution in [0.5, 0.6) is 0 Å². The number of anilines is 2. The number of hydrogen-bond donors (Lipinski definition) is 0. The van der Waals surface area contributed by atoms with E-state index in [0.29, 0.717) is 0 Å². The van der Waals surface area contributed by atoms with E-state index in [-0.39, 0.29) is 6.03 Å². The minimum Gasteiger partial charge on any atom is -0.324 e. The fourth-order valence-electron chi connectivity index (χ4n) is 3.59. The fourth-order valence-corrected chi connectivity index (χ4v) is 3.59. The standard InChI is InChI=1S/C25H36N2O/c1-7-9-15-26(16-10-8-2)25(28)27(23-13-11-19(3)17-21(23)5)24-14-12-20(4)18-22(24)6/h11-14,17-18H,7-10,15-16H2,1-6H3. The summed E-state index contributed by atoms with van der Waals surface area (Å²) in [5, 5.41) is 0. The predicted molar refractivity (Wildman–Crippen MR) is 121 cm³/mol. The maximum Gasteiger partial charge on any atom is 0.329 e. The maximum absolute atomic E-state index is 13.8. The van der Waals surface area contributed by atoms with Crippen LogP contribution in [0, 0.1) is 27.7 Å². The molecule has 0 bridgehead atoms. The van der Waals surface area contributed by atoms with E-state index in [9.17, 15) is 4.79 Å². The van der Waals surface area contributed by atoms with Gasteiger partial charge in [-0.1, -0.05) is 62.1 Å². The lowest BCUT2D eigenvalue weighted by molar-refractivity contribution is 0.205. The first-order valence-electron chi connectivity index (χ1n) is 10.6. The summed E-state index contributed by atoms with van der Waals surface area (Å²) in [5.74, 6) is 0. The molecule has 0 spiro atoms. The van der Waals surface area contributed by atoms with E-state index in [4.69, 9.17) is 0 Å². The molecule has 152 valence electrons. The quantitative estimate of drug-likeness (QED) is 0.480. The van der Waals surface area contributed by atoms with Crippen LogP contribution in [0.3, 0.4) is 0 Å². The normalized spacial score (nSPS) is 10.8. The van der Waals surface area contributed by atoms with Gasteiger partial charge in [-0.2, -0.15) is 0 Å². The average Bonchev–Trinajstić information content (AvgIpc) is 2.65. The molecule has 0 unspecified atom stereocenters. The van der Waals surface area contributed by atoms with Gasteiger partial charge in [0.15, 0.2) is 0 Å². The Morgan fingerprint density at radius 1 is 0.750 bits per heavy atom. The highest BCUT2D eigenvalue weighted by Crippen LogP contribution is 2.33. The summed E-state index contributed by atoms with van der Waals surface area (Å²) in [7, 11) is 0. The van der Waals surface area contributed by atoms with Crippen LogP contribution in [0.2, 0.25) is 0 Å². The van der Waals surface area contributed by atoms with Crippen LogP contribution >= 0.6 is 0 Å². The summed E-state index contributed by atoms with van der Waals surface area (Å²) in [6, 6.07) is 12.7. The van der Waals surface area contributed by atoms with Crippen molar-refractivity contribution in [2.75, 3.05) is 18.0 Å². The van der Waals surface area contributed by atoms with Gasteiger partial charge < -0.3 is 4.90 Å². The molecule has 0 fully saturated rings. The first-order valence-corrected chi connectivity index (χ1v) is 10.6. The Balaban J connectivity index is 2.53. The zero-order valence-electron chi connectivity index (χ0n) is 18.5. The van der Waals surface area contributed by atoms with Crippen molar-refractivity contribution in [1.29, 1.82) is 0 Å². The number of carbonyl (C=O) groups excluding carboxylic acids is 1. The predicted octanol–water partition coefficient (Wildman–Crippen LogP) is 7.08. The maximum atomic E-state index is 13.8. The molecule has 0 heterocycles. The van der Waals surface area contributed by atoms with Crippen LogP contribution in [0.15, 0.2) is 36.4 Å². The number of amides is 2. The summed E-state index contributed by atoms with van der Waals surface area (Å²) in [6.07, 6.45) is 4.23. The van der Waals surface area contributed by atoms with Gasteiger partial charge in [-0.3, -0.25) is 4.90 Å². The zero-order chi connectivity index (χ0) is 20.7. The lowest BCUT2D eigenvalue weighted by Gasteiger charge is -2.33. The third kappa shape index (κ3) is 5.37. The van der Waals surface area contributed by atoms with Gasteiger partial charge >= 0.3 is 6.03 Å². The highest BCUT2D eigenvalue weighted by Gasteiger charge is 2.26. The van der Waals surface area contributed by atoms with Crippen LogP contribution in [-0.4, -0.2) is 24.0 Å². The van der Waals surface area contributed by atoms with Crippen molar-refractivity contribution in [3.05, 3.63) is 58.7 Å². The summed E-state index contributed by atoms with van der Waals surface area (Å²) >= 11 is 0. The van der Waals surface area contributed by atoms with Crippen molar-refractivity contribution in [3.63, 3.8) is 0 Å². The largest absolute Gasteiger partial charge is 0.329 e. The Morgan fingerprint density at radius 3 is 1.54 bits per heavy atom. The molecule has 0 atom stereocenters. The van der Waals surface area contributed by atoms with Gasteiger partial charge in [0, 0.05) is 13.1 Å². The molecule has 3 nitrogen and oxygen atoms in total. The number of hydrogen-bond acceptors (Lipinski definition) is 1. The summed E-state index contributed by atoms with van der Waals surface area (Å²) in [4.78, 5) is 17.7. The van der Waals surface area contributed by atoms with Gasteiger partial charge in [0.05, 0.1) is 11.4 Å². The molecule has 0 saturated carbocycles. The number of unbranched alkanes of at least 4 members (excludes halogenated alkanes) is 2. The second-order valence-electron chi connectivity index (χ2n) is 7.89.